The minimum Gasteiger partial charge on any atom is -0.464 e. The van der Waals surface area contributed by atoms with E-state index in [0.29, 0.717) is 27.0 Å². The number of hydrogen-bond donors (Lipinski definition) is 0. The van der Waals surface area contributed by atoms with Gasteiger partial charge in [0.15, 0.2) is 5.69 Å². The number of esters is 1. The van der Waals surface area contributed by atoms with Crippen molar-refractivity contribution in [1.82, 2.24) is 9.78 Å². The summed E-state index contributed by atoms with van der Waals surface area (Å²) in [5, 5.41) is 6.60. The van der Waals surface area contributed by atoms with Crippen molar-refractivity contribution in [3.63, 3.8) is 0 Å². The Kier molecular flexibility index (Phi) is 4.48. The number of hydrogen-bond acceptors (Lipinski definition) is 3. The maximum absolute atomic E-state index is 11.9. The molecule has 0 aliphatic carbocycles. The second-order valence-corrected chi connectivity index (χ2v) is 6.18. The van der Waals surface area contributed by atoms with E-state index in [1.165, 1.54) is 7.11 Å². The third-order valence-corrected chi connectivity index (χ3v) is 4.25. The summed E-state index contributed by atoms with van der Waals surface area (Å²) < 4.78 is 6.47. The molecular weight excluding hydrogens is 359 g/mol. The second-order valence-electron chi connectivity index (χ2n) is 4.90. The molecule has 118 valence electrons. The predicted molar refractivity (Wildman–Crippen MR) is 91.6 cm³/mol. The lowest BCUT2D eigenvalue weighted by atomic mass is 10.2. The largest absolute Gasteiger partial charge is 0.464 e. The van der Waals surface area contributed by atoms with Crippen LogP contribution in [0.25, 0.3) is 10.9 Å². The van der Waals surface area contributed by atoms with Crippen LogP contribution in [0.4, 0.5) is 0 Å². The summed E-state index contributed by atoms with van der Waals surface area (Å²) in [4.78, 5) is 11.9. The van der Waals surface area contributed by atoms with Gasteiger partial charge in [0.2, 0.25) is 0 Å². The predicted octanol–water partition coefficient (Wildman–Crippen LogP) is 4.83. The third-order valence-electron chi connectivity index (χ3n) is 3.43. The number of rotatable bonds is 3. The molecule has 0 atom stereocenters. The number of aromatic nitrogens is 2. The fraction of sp³-hybridized carbons (Fsp3) is 0.125. The number of nitrogens with zero attached hydrogens (tertiary/aromatic N) is 2. The number of benzene rings is 2. The second kappa shape index (κ2) is 6.40. The van der Waals surface area contributed by atoms with Gasteiger partial charge in [-0.2, -0.15) is 5.10 Å². The van der Waals surface area contributed by atoms with Crippen molar-refractivity contribution in [1.29, 1.82) is 0 Å². The van der Waals surface area contributed by atoms with Crippen LogP contribution in [-0.4, -0.2) is 22.9 Å². The average molecular weight is 370 g/mol. The highest BCUT2D eigenvalue weighted by atomic mass is 35.5. The molecule has 0 radical (unpaired) electrons. The first-order chi connectivity index (χ1) is 11.0. The lowest BCUT2D eigenvalue weighted by molar-refractivity contribution is 0.0595. The molecule has 3 aromatic rings. The van der Waals surface area contributed by atoms with Crippen LogP contribution in [0.3, 0.4) is 0 Å². The fourth-order valence-corrected chi connectivity index (χ4v) is 2.97. The van der Waals surface area contributed by atoms with Crippen molar-refractivity contribution in [3.05, 3.63) is 62.7 Å². The highest BCUT2D eigenvalue weighted by Gasteiger charge is 2.18. The van der Waals surface area contributed by atoms with Crippen molar-refractivity contribution in [2.24, 2.45) is 0 Å². The maximum atomic E-state index is 11.9. The molecule has 3 rings (SSSR count). The quantitative estimate of drug-likeness (QED) is 0.621. The molecule has 7 heteroatoms. The van der Waals surface area contributed by atoms with Gasteiger partial charge in [0.25, 0.3) is 0 Å². The zero-order chi connectivity index (χ0) is 16.6. The Hall–Kier alpha value is -1.75. The first kappa shape index (κ1) is 16.1. The van der Waals surface area contributed by atoms with Crippen LogP contribution < -0.4 is 0 Å². The summed E-state index contributed by atoms with van der Waals surface area (Å²) in [6, 6.07) is 10.5. The van der Waals surface area contributed by atoms with Gasteiger partial charge in [-0.1, -0.05) is 40.9 Å². The minimum absolute atomic E-state index is 0.218. The van der Waals surface area contributed by atoms with E-state index in [1.54, 1.807) is 35.0 Å². The van der Waals surface area contributed by atoms with Gasteiger partial charge in [-0.25, -0.2) is 4.79 Å². The van der Waals surface area contributed by atoms with E-state index >= 15 is 0 Å². The first-order valence-electron chi connectivity index (χ1n) is 6.68. The fourth-order valence-electron chi connectivity index (χ4n) is 2.33. The van der Waals surface area contributed by atoms with Gasteiger partial charge < -0.3 is 4.74 Å². The van der Waals surface area contributed by atoms with Crippen LogP contribution in [0.2, 0.25) is 15.1 Å². The molecule has 0 unspecified atom stereocenters. The maximum Gasteiger partial charge on any atom is 0.359 e. The van der Waals surface area contributed by atoms with Gasteiger partial charge in [-0.3, -0.25) is 4.68 Å². The lowest BCUT2D eigenvalue weighted by Gasteiger charge is -2.06. The zero-order valence-electron chi connectivity index (χ0n) is 12.0. The molecule has 1 heterocycles. The summed E-state index contributed by atoms with van der Waals surface area (Å²) in [7, 11) is 1.31. The van der Waals surface area contributed by atoms with Crippen LogP contribution in [0.1, 0.15) is 16.1 Å². The summed E-state index contributed by atoms with van der Waals surface area (Å²) in [5.41, 5.74) is 1.82. The van der Waals surface area contributed by atoms with Gasteiger partial charge >= 0.3 is 5.97 Å². The van der Waals surface area contributed by atoms with Gasteiger partial charge in [-0.15, -0.1) is 0 Å². The Morgan fingerprint density at radius 3 is 2.52 bits per heavy atom. The molecule has 0 bridgehead atoms. The zero-order valence-corrected chi connectivity index (χ0v) is 14.3. The Bertz CT molecular complexity index is 906. The number of carbonyl (C=O) groups is 1. The Labute approximate surface area is 147 Å². The van der Waals surface area contributed by atoms with Crippen LogP contribution in [0, 0.1) is 0 Å². The molecular formula is C16H11Cl3N2O2. The van der Waals surface area contributed by atoms with E-state index in [-0.39, 0.29) is 5.69 Å². The molecule has 2 aromatic carbocycles. The number of carbonyl (C=O) groups excluding carboxylic acids is 1. The minimum atomic E-state index is -0.516. The number of halogens is 3. The van der Waals surface area contributed by atoms with Crippen molar-refractivity contribution in [2.45, 2.75) is 6.54 Å². The summed E-state index contributed by atoms with van der Waals surface area (Å²) in [6.45, 7) is 0.394. The molecule has 0 aliphatic rings. The number of ether oxygens (including phenoxy) is 1. The van der Waals surface area contributed by atoms with E-state index < -0.39 is 5.97 Å². The van der Waals surface area contributed by atoms with E-state index in [9.17, 15) is 4.79 Å². The summed E-state index contributed by atoms with van der Waals surface area (Å²) in [6.07, 6.45) is 0. The van der Waals surface area contributed by atoms with Gasteiger partial charge in [0.1, 0.15) is 0 Å². The topological polar surface area (TPSA) is 44.1 Å². The van der Waals surface area contributed by atoms with Crippen molar-refractivity contribution in [2.75, 3.05) is 7.11 Å². The van der Waals surface area contributed by atoms with Gasteiger partial charge in [-0.05, 0) is 35.9 Å². The monoisotopic (exact) mass is 368 g/mol. The highest BCUT2D eigenvalue weighted by molar-refractivity contribution is 6.35. The molecule has 0 aliphatic heterocycles. The third kappa shape index (κ3) is 3.15. The van der Waals surface area contributed by atoms with Crippen LogP contribution in [-0.2, 0) is 11.3 Å². The van der Waals surface area contributed by atoms with Crippen LogP contribution in [0.15, 0.2) is 36.4 Å². The SMILES string of the molecule is COC(=O)c1nn(Cc2ccc(Cl)cc2Cl)c2ccc(Cl)cc12. The standard InChI is InChI=1S/C16H11Cl3N2O2/c1-23-16(22)15-12-6-10(17)4-5-14(12)21(20-15)8-9-2-3-11(18)7-13(9)19/h2-7H,8H2,1H3. The molecule has 0 fully saturated rings. The molecule has 1 aromatic heterocycles. The Morgan fingerprint density at radius 1 is 1.13 bits per heavy atom. The first-order valence-corrected chi connectivity index (χ1v) is 7.81. The molecule has 23 heavy (non-hydrogen) atoms. The summed E-state index contributed by atoms with van der Waals surface area (Å²) >= 11 is 18.2. The average Bonchev–Trinajstić information content (AvgIpc) is 2.87. The Morgan fingerprint density at radius 2 is 1.83 bits per heavy atom. The van der Waals surface area contributed by atoms with Crippen molar-refractivity contribution >= 4 is 51.7 Å². The van der Waals surface area contributed by atoms with E-state index in [4.69, 9.17) is 39.5 Å². The normalized spacial score (nSPS) is 11.0. The molecule has 0 N–H and O–H groups in total. The van der Waals surface area contributed by atoms with E-state index in [0.717, 1.165) is 11.1 Å². The van der Waals surface area contributed by atoms with Gasteiger partial charge in [0.05, 0.1) is 19.2 Å². The van der Waals surface area contributed by atoms with E-state index in [1.807, 2.05) is 6.07 Å². The molecule has 0 spiro atoms. The lowest BCUT2D eigenvalue weighted by Crippen LogP contribution is -2.06. The summed E-state index contributed by atoms with van der Waals surface area (Å²) in [5.74, 6) is -0.516. The molecule has 0 saturated carbocycles. The van der Waals surface area contributed by atoms with Crippen LogP contribution >= 0.6 is 34.8 Å². The Balaban J connectivity index is 2.12. The highest BCUT2D eigenvalue weighted by Crippen LogP contribution is 2.26. The van der Waals surface area contributed by atoms with Crippen molar-refractivity contribution < 1.29 is 9.53 Å². The number of methoxy groups -OCH3 is 1. The van der Waals surface area contributed by atoms with Crippen LogP contribution in [0.5, 0.6) is 0 Å². The molecule has 0 amide bonds. The van der Waals surface area contributed by atoms with E-state index in [2.05, 4.69) is 5.10 Å². The smallest absolute Gasteiger partial charge is 0.359 e. The number of fused-ring (bicyclic) bond motifs is 1. The molecule has 0 saturated heterocycles. The van der Waals surface area contributed by atoms with Gasteiger partial charge in [0, 0.05) is 20.5 Å². The molecule has 4 nitrogen and oxygen atoms in total. The van der Waals surface area contributed by atoms with Crippen molar-refractivity contribution in [3.8, 4) is 0 Å².